The first-order valence-electron chi connectivity index (χ1n) is 5.76. The molecule has 3 aromatic rings. The lowest BCUT2D eigenvalue weighted by Crippen LogP contribution is -2.12. The fraction of sp³-hybridized carbons (Fsp3) is 0. The summed E-state index contributed by atoms with van der Waals surface area (Å²) in [5, 5.41) is 6.47. The van der Waals surface area contributed by atoms with Crippen LogP contribution >= 0.6 is 0 Å². The maximum absolute atomic E-state index is 13.4. The van der Waals surface area contributed by atoms with Gasteiger partial charge in [0.1, 0.15) is 5.82 Å². The average Bonchev–Trinajstić information content (AvgIpc) is 2.84. The molecule has 1 heterocycles. The molecule has 6 heteroatoms. The zero-order chi connectivity index (χ0) is 14.1. The van der Waals surface area contributed by atoms with Gasteiger partial charge in [0.15, 0.2) is 11.6 Å². The molecule has 0 saturated heterocycles. The van der Waals surface area contributed by atoms with Crippen LogP contribution in [0, 0.1) is 11.6 Å². The Labute approximate surface area is 112 Å². The Kier molecular flexibility index (Phi) is 2.90. The Balaban J connectivity index is 1.91. The zero-order valence-electron chi connectivity index (χ0n) is 10.1. The number of hydrogen-bond donors (Lipinski definition) is 1. The molecule has 0 aliphatic heterocycles. The first-order chi connectivity index (χ1) is 9.65. The van der Waals surface area contributed by atoms with Crippen molar-refractivity contribution >= 4 is 22.7 Å². The van der Waals surface area contributed by atoms with E-state index in [0.717, 1.165) is 0 Å². The molecule has 0 bridgehead atoms. The molecule has 0 radical (unpaired) electrons. The number of carbonyl (C=O) groups excluding carboxylic acids is 1. The molecule has 3 rings (SSSR count). The minimum absolute atomic E-state index is 0.0260. The van der Waals surface area contributed by atoms with Crippen molar-refractivity contribution < 1.29 is 18.1 Å². The minimum Gasteiger partial charge on any atom is -0.351 e. The van der Waals surface area contributed by atoms with Crippen LogP contribution in [0.3, 0.4) is 0 Å². The van der Waals surface area contributed by atoms with Crippen LogP contribution in [0.15, 0.2) is 47.0 Å². The summed E-state index contributed by atoms with van der Waals surface area (Å²) in [6.45, 7) is 0. The van der Waals surface area contributed by atoms with Crippen molar-refractivity contribution in [3.63, 3.8) is 0 Å². The van der Waals surface area contributed by atoms with Gasteiger partial charge in [0.05, 0.1) is 5.39 Å². The van der Waals surface area contributed by atoms with Gasteiger partial charge < -0.3 is 9.84 Å². The van der Waals surface area contributed by atoms with Crippen molar-refractivity contribution in [1.82, 2.24) is 5.16 Å². The van der Waals surface area contributed by atoms with Gasteiger partial charge in [0.25, 0.3) is 5.91 Å². The van der Waals surface area contributed by atoms with Crippen molar-refractivity contribution in [3.8, 4) is 0 Å². The van der Waals surface area contributed by atoms with Gasteiger partial charge in [0.2, 0.25) is 5.58 Å². The first-order valence-corrected chi connectivity index (χ1v) is 5.76. The molecule has 20 heavy (non-hydrogen) atoms. The van der Waals surface area contributed by atoms with Crippen LogP contribution in [0.4, 0.5) is 14.6 Å². The average molecular weight is 274 g/mol. The molecule has 0 aliphatic rings. The van der Waals surface area contributed by atoms with Gasteiger partial charge in [-0.1, -0.05) is 11.2 Å². The number of hydrogen-bond acceptors (Lipinski definition) is 3. The molecule has 0 fully saturated rings. The van der Waals surface area contributed by atoms with Gasteiger partial charge in [-0.3, -0.25) is 4.79 Å². The Bertz CT molecular complexity index is 781. The molecule has 0 unspecified atom stereocenters. The lowest BCUT2D eigenvalue weighted by atomic mass is 10.2. The Morgan fingerprint density at radius 2 is 1.85 bits per heavy atom. The first kappa shape index (κ1) is 12.3. The monoisotopic (exact) mass is 274 g/mol. The normalized spacial score (nSPS) is 10.7. The Hall–Kier alpha value is -2.76. The van der Waals surface area contributed by atoms with E-state index in [2.05, 4.69) is 10.5 Å². The van der Waals surface area contributed by atoms with E-state index < -0.39 is 17.5 Å². The number of para-hydroxylation sites is 1. The molecule has 0 aliphatic carbocycles. The highest BCUT2D eigenvalue weighted by molar-refractivity contribution is 6.07. The summed E-state index contributed by atoms with van der Waals surface area (Å²) < 4.78 is 31.0. The molecular formula is C14H8F2N2O2. The van der Waals surface area contributed by atoms with Crippen LogP contribution in [-0.4, -0.2) is 11.1 Å². The number of carbonyl (C=O) groups is 1. The third-order valence-electron chi connectivity index (χ3n) is 2.79. The van der Waals surface area contributed by atoms with E-state index in [4.69, 9.17) is 4.52 Å². The fourth-order valence-corrected chi connectivity index (χ4v) is 1.80. The zero-order valence-corrected chi connectivity index (χ0v) is 10.1. The predicted molar refractivity (Wildman–Crippen MR) is 68.3 cm³/mol. The van der Waals surface area contributed by atoms with E-state index in [0.29, 0.717) is 5.39 Å². The van der Waals surface area contributed by atoms with Crippen LogP contribution in [0.1, 0.15) is 10.4 Å². The van der Waals surface area contributed by atoms with Crippen molar-refractivity contribution in [2.75, 3.05) is 5.32 Å². The van der Waals surface area contributed by atoms with Crippen molar-refractivity contribution in [2.45, 2.75) is 0 Å². The highest BCUT2D eigenvalue weighted by atomic mass is 19.1. The lowest BCUT2D eigenvalue weighted by Gasteiger charge is -2.01. The summed E-state index contributed by atoms with van der Waals surface area (Å²) >= 11 is 0. The van der Waals surface area contributed by atoms with Crippen molar-refractivity contribution in [1.29, 1.82) is 0 Å². The Morgan fingerprint density at radius 3 is 2.60 bits per heavy atom. The highest BCUT2D eigenvalue weighted by Crippen LogP contribution is 2.25. The topological polar surface area (TPSA) is 55.1 Å². The van der Waals surface area contributed by atoms with E-state index in [1.54, 1.807) is 6.07 Å². The second-order valence-electron chi connectivity index (χ2n) is 4.11. The summed E-state index contributed by atoms with van der Waals surface area (Å²) in [4.78, 5) is 11.9. The van der Waals surface area contributed by atoms with Gasteiger partial charge >= 0.3 is 0 Å². The number of nitrogens with one attached hydrogen (secondary N) is 1. The van der Waals surface area contributed by atoms with Crippen LogP contribution in [0.25, 0.3) is 11.0 Å². The number of aromatic nitrogens is 1. The second-order valence-corrected chi connectivity index (χ2v) is 4.11. The molecular weight excluding hydrogens is 266 g/mol. The summed E-state index contributed by atoms with van der Waals surface area (Å²) in [5.74, 6) is -1.36. The molecule has 1 aromatic heterocycles. The van der Waals surface area contributed by atoms with Crippen molar-refractivity contribution in [2.24, 2.45) is 0 Å². The van der Waals surface area contributed by atoms with E-state index >= 15 is 0 Å². The number of fused-ring (bicyclic) bond motifs is 1. The molecule has 1 amide bonds. The molecule has 1 N–H and O–H groups in total. The molecule has 0 spiro atoms. The van der Waals surface area contributed by atoms with Crippen LogP contribution in [0.5, 0.6) is 0 Å². The SMILES string of the molecule is O=C(Nc1noc2c(F)cccc12)c1ccc(F)cc1. The summed E-state index contributed by atoms with van der Waals surface area (Å²) in [6.07, 6.45) is 0. The highest BCUT2D eigenvalue weighted by Gasteiger charge is 2.14. The van der Waals surface area contributed by atoms with Crippen LogP contribution in [-0.2, 0) is 0 Å². The Morgan fingerprint density at radius 1 is 1.10 bits per heavy atom. The van der Waals surface area contributed by atoms with Gasteiger partial charge in [-0.25, -0.2) is 8.78 Å². The number of nitrogens with zero attached hydrogens (tertiary/aromatic N) is 1. The maximum Gasteiger partial charge on any atom is 0.256 e. The predicted octanol–water partition coefficient (Wildman–Crippen LogP) is 3.36. The minimum atomic E-state index is -0.558. The number of halogens is 2. The maximum atomic E-state index is 13.4. The summed E-state index contributed by atoms with van der Waals surface area (Å²) in [7, 11) is 0. The summed E-state index contributed by atoms with van der Waals surface area (Å²) in [6, 6.07) is 9.34. The van der Waals surface area contributed by atoms with Gasteiger partial charge in [0, 0.05) is 5.56 Å². The molecule has 2 aromatic carbocycles. The van der Waals surface area contributed by atoms with E-state index in [-0.39, 0.29) is 17.0 Å². The largest absolute Gasteiger partial charge is 0.351 e. The van der Waals surface area contributed by atoms with Gasteiger partial charge in [-0.2, -0.15) is 0 Å². The van der Waals surface area contributed by atoms with Gasteiger partial charge in [-0.05, 0) is 36.4 Å². The number of amides is 1. The number of benzene rings is 2. The van der Waals surface area contributed by atoms with Crippen LogP contribution < -0.4 is 5.32 Å². The second kappa shape index (κ2) is 4.73. The fourth-order valence-electron chi connectivity index (χ4n) is 1.80. The quantitative estimate of drug-likeness (QED) is 0.779. The van der Waals surface area contributed by atoms with E-state index in [9.17, 15) is 13.6 Å². The third kappa shape index (κ3) is 2.11. The third-order valence-corrected chi connectivity index (χ3v) is 2.79. The smallest absolute Gasteiger partial charge is 0.256 e. The molecule has 0 atom stereocenters. The van der Waals surface area contributed by atoms with E-state index in [1.165, 1.54) is 36.4 Å². The number of rotatable bonds is 2. The molecule has 0 saturated carbocycles. The summed E-state index contributed by atoms with van der Waals surface area (Å²) in [5.41, 5.74) is 0.237. The van der Waals surface area contributed by atoms with E-state index in [1.807, 2.05) is 0 Å². The van der Waals surface area contributed by atoms with Crippen LogP contribution in [0.2, 0.25) is 0 Å². The lowest BCUT2D eigenvalue weighted by molar-refractivity contribution is 0.102. The molecule has 4 nitrogen and oxygen atoms in total. The van der Waals surface area contributed by atoms with Gasteiger partial charge in [-0.15, -0.1) is 0 Å². The number of anilines is 1. The van der Waals surface area contributed by atoms with Crippen molar-refractivity contribution in [3.05, 3.63) is 59.7 Å². The standard InChI is InChI=1S/C14H8F2N2O2/c15-9-6-4-8(5-7-9)14(19)17-13-10-2-1-3-11(16)12(10)20-18-13/h1-7H,(H,17,18,19). The molecule has 100 valence electrons.